The Morgan fingerprint density at radius 2 is 2.15 bits per heavy atom. The standard InChI is InChI=1S/C21H21BrClN3O/c1-3-10-25(21(27)15-6-5-7-16(22)12-15)14-20-24-18-9-8-17(23)13-19(18)26(20)11-4-2/h3,5-9,12-13H,1,4,10-11,14H2,2H3. The van der Waals surface area contributed by atoms with Crippen LogP contribution in [0.5, 0.6) is 0 Å². The topological polar surface area (TPSA) is 38.1 Å². The Labute approximate surface area is 172 Å². The maximum absolute atomic E-state index is 13.0. The van der Waals surface area contributed by atoms with Crippen molar-refractivity contribution in [2.24, 2.45) is 0 Å². The molecule has 3 rings (SSSR count). The zero-order valence-electron chi connectivity index (χ0n) is 15.2. The first-order valence-corrected chi connectivity index (χ1v) is 10.0. The summed E-state index contributed by atoms with van der Waals surface area (Å²) in [5, 5.41) is 0.680. The third kappa shape index (κ3) is 4.42. The fourth-order valence-electron chi connectivity index (χ4n) is 3.09. The van der Waals surface area contributed by atoms with E-state index in [-0.39, 0.29) is 5.91 Å². The summed E-state index contributed by atoms with van der Waals surface area (Å²) in [5.74, 6) is 0.795. The number of fused-ring (bicyclic) bond motifs is 1. The molecule has 0 unspecified atom stereocenters. The van der Waals surface area contributed by atoms with Gasteiger partial charge in [-0.25, -0.2) is 4.98 Å². The predicted octanol–water partition coefficient (Wildman–Crippen LogP) is 5.69. The van der Waals surface area contributed by atoms with E-state index in [2.05, 4.69) is 34.0 Å². The second kappa shape index (κ2) is 8.72. The summed E-state index contributed by atoms with van der Waals surface area (Å²) in [6, 6.07) is 13.1. The highest BCUT2D eigenvalue weighted by molar-refractivity contribution is 9.10. The fraction of sp³-hybridized carbons (Fsp3) is 0.238. The van der Waals surface area contributed by atoms with Gasteiger partial charge < -0.3 is 9.47 Å². The number of benzene rings is 2. The third-order valence-electron chi connectivity index (χ3n) is 4.28. The van der Waals surface area contributed by atoms with Crippen molar-refractivity contribution in [2.75, 3.05) is 6.54 Å². The number of carbonyl (C=O) groups excluding carboxylic acids is 1. The molecule has 27 heavy (non-hydrogen) atoms. The molecule has 0 spiro atoms. The monoisotopic (exact) mass is 445 g/mol. The highest BCUT2D eigenvalue weighted by atomic mass is 79.9. The maximum atomic E-state index is 13.0. The van der Waals surface area contributed by atoms with Gasteiger partial charge in [-0.1, -0.05) is 46.6 Å². The predicted molar refractivity (Wildman–Crippen MR) is 114 cm³/mol. The van der Waals surface area contributed by atoms with Crippen LogP contribution < -0.4 is 0 Å². The fourth-order valence-corrected chi connectivity index (χ4v) is 3.66. The van der Waals surface area contributed by atoms with Crippen molar-refractivity contribution in [1.29, 1.82) is 0 Å². The van der Waals surface area contributed by atoms with Gasteiger partial charge in [-0.2, -0.15) is 0 Å². The molecule has 0 aliphatic rings. The Balaban J connectivity index is 1.97. The van der Waals surface area contributed by atoms with Crippen LogP contribution in [0.1, 0.15) is 29.5 Å². The van der Waals surface area contributed by atoms with E-state index >= 15 is 0 Å². The first-order chi connectivity index (χ1) is 13.0. The largest absolute Gasteiger partial charge is 0.327 e. The van der Waals surface area contributed by atoms with Crippen LogP contribution in [0.25, 0.3) is 11.0 Å². The van der Waals surface area contributed by atoms with E-state index in [1.165, 1.54) is 0 Å². The van der Waals surface area contributed by atoms with Gasteiger partial charge in [0, 0.05) is 28.1 Å². The van der Waals surface area contributed by atoms with Gasteiger partial charge in [0.1, 0.15) is 5.82 Å². The summed E-state index contributed by atoms with van der Waals surface area (Å²) in [6.07, 6.45) is 2.70. The molecular formula is C21H21BrClN3O. The van der Waals surface area contributed by atoms with Crippen LogP contribution in [0.3, 0.4) is 0 Å². The molecule has 140 valence electrons. The lowest BCUT2D eigenvalue weighted by Gasteiger charge is -2.21. The molecule has 1 amide bonds. The molecule has 0 aliphatic heterocycles. The molecule has 0 N–H and O–H groups in total. The summed E-state index contributed by atoms with van der Waals surface area (Å²) in [4.78, 5) is 19.5. The molecule has 0 atom stereocenters. The summed E-state index contributed by atoms with van der Waals surface area (Å²) >= 11 is 9.61. The van der Waals surface area contributed by atoms with Crippen molar-refractivity contribution in [3.05, 3.63) is 76.0 Å². The van der Waals surface area contributed by atoms with E-state index in [0.29, 0.717) is 23.7 Å². The van der Waals surface area contributed by atoms with Crippen molar-refractivity contribution in [1.82, 2.24) is 14.5 Å². The van der Waals surface area contributed by atoms with Crippen LogP contribution in [0, 0.1) is 0 Å². The van der Waals surface area contributed by atoms with Crippen molar-refractivity contribution in [2.45, 2.75) is 26.4 Å². The Bertz CT molecular complexity index is 983. The third-order valence-corrected chi connectivity index (χ3v) is 5.01. The van der Waals surface area contributed by atoms with Crippen molar-refractivity contribution < 1.29 is 4.79 Å². The van der Waals surface area contributed by atoms with Gasteiger partial charge in [-0.05, 0) is 42.8 Å². The summed E-state index contributed by atoms with van der Waals surface area (Å²) < 4.78 is 3.02. The number of rotatable bonds is 7. The van der Waals surface area contributed by atoms with E-state index in [1.807, 2.05) is 42.5 Å². The lowest BCUT2D eigenvalue weighted by molar-refractivity contribution is 0.0757. The number of imidazole rings is 1. The van der Waals surface area contributed by atoms with E-state index in [1.54, 1.807) is 11.0 Å². The van der Waals surface area contributed by atoms with Crippen molar-refractivity contribution in [3.63, 3.8) is 0 Å². The van der Waals surface area contributed by atoms with Crippen LogP contribution in [0.4, 0.5) is 0 Å². The first kappa shape index (κ1) is 19.6. The average molecular weight is 447 g/mol. The van der Waals surface area contributed by atoms with Gasteiger partial charge in [0.25, 0.3) is 5.91 Å². The molecule has 0 fully saturated rings. The van der Waals surface area contributed by atoms with Gasteiger partial charge in [0.05, 0.1) is 17.6 Å². The van der Waals surface area contributed by atoms with E-state index in [4.69, 9.17) is 16.6 Å². The van der Waals surface area contributed by atoms with Gasteiger partial charge in [0.15, 0.2) is 0 Å². The maximum Gasteiger partial charge on any atom is 0.254 e. The van der Waals surface area contributed by atoms with Crippen LogP contribution >= 0.6 is 27.5 Å². The summed E-state index contributed by atoms with van der Waals surface area (Å²) in [5.41, 5.74) is 2.51. The molecule has 1 aromatic heterocycles. The number of halogens is 2. The quantitative estimate of drug-likeness (QED) is 0.437. The molecule has 0 bridgehead atoms. The second-order valence-electron chi connectivity index (χ2n) is 6.30. The Kier molecular flexibility index (Phi) is 6.34. The van der Waals surface area contributed by atoms with Crippen LogP contribution in [0.15, 0.2) is 59.6 Å². The number of aryl methyl sites for hydroxylation is 1. The Morgan fingerprint density at radius 3 is 2.85 bits per heavy atom. The minimum absolute atomic E-state index is 0.0515. The number of hydrogen-bond acceptors (Lipinski definition) is 2. The van der Waals surface area contributed by atoms with Crippen LogP contribution in [-0.2, 0) is 13.1 Å². The van der Waals surface area contributed by atoms with Crippen molar-refractivity contribution >= 4 is 44.5 Å². The number of nitrogens with zero attached hydrogens (tertiary/aromatic N) is 3. The Morgan fingerprint density at radius 1 is 1.33 bits per heavy atom. The molecule has 0 aliphatic carbocycles. The molecule has 0 radical (unpaired) electrons. The number of amides is 1. The highest BCUT2D eigenvalue weighted by Gasteiger charge is 2.19. The summed E-state index contributed by atoms with van der Waals surface area (Å²) in [7, 11) is 0. The number of aromatic nitrogens is 2. The summed E-state index contributed by atoms with van der Waals surface area (Å²) in [6.45, 7) is 7.59. The molecule has 6 heteroatoms. The van der Waals surface area contributed by atoms with Gasteiger partial charge >= 0.3 is 0 Å². The highest BCUT2D eigenvalue weighted by Crippen LogP contribution is 2.23. The van der Waals surface area contributed by atoms with Gasteiger partial charge in [-0.15, -0.1) is 6.58 Å². The molecule has 0 saturated carbocycles. The van der Waals surface area contributed by atoms with E-state index in [9.17, 15) is 4.79 Å². The normalized spacial score (nSPS) is 10.9. The first-order valence-electron chi connectivity index (χ1n) is 8.84. The van der Waals surface area contributed by atoms with Gasteiger partial charge in [0.2, 0.25) is 0 Å². The molecule has 0 saturated heterocycles. The molecule has 3 aromatic rings. The smallest absolute Gasteiger partial charge is 0.254 e. The molecule has 1 heterocycles. The van der Waals surface area contributed by atoms with E-state index < -0.39 is 0 Å². The minimum atomic E-state index is -0.0515. The molecular weight excluding hydrogens is 426 g/mol. The lowest BCUT2D eigenvalue weighted by Crippen LogP contribution is -2.32. The number of hydrogen-bond donors (Lipinski definition) is 0. The van der Waals surface area contributed by atoms with Crippen LogP contribution in [-0.4, -0.2) is 26.9 Å². The zero-order valence-corrected chi connectivity index (χ0v) is 17.5. The van der Waals surface area contributed by atoms with Gasteiger partial charge in [-0.3, -0.25) is 4.79 Å². The average Bonchev–Trinajstić information content (AvgIpc) is 2.98. The zero-order chi connectivity index (χ0) is 19.4. The Hall–Kier alpha value is -2.11. The minimum Gasteiger partial charge on any atom is -0.327 e. The van der Waals surface area contributed by atoms with E-state index in [0.717, 1.165) is 34.3 Å². The molecule has 4 nitrogen and oxygen atoms in total. The van der Waals surface area contributed by atoms with Crippen molar-refractivity contribution in [3.8, 4) is 0 Å². The SMILES string of the molecule is C=CCN(Cc1nc2ccc(Cl)cc2n1CCC)C(=O)c1cccc(Br)c1. The second-order valence-corrected chi connectivity index (χ2v) is 7.65. The number of carbonyl (C=O) groups is 1. The van der Waals surface area contributed by atoms with Crippen LogP contribution in [0.2, 0.25) is 5.02 Å². The molecule has 2 aromatic carbocycles. The lowest BCUT2D eigenvalue weighted by atomic mass is 10.2.